The second kappa shape index (κ2) is 6.68. The Morgan fingerprint density at radius 2 is 1.52 bits per heavy atom. The third-order valence-electron chi connectivity index (χ3n) is 5.50. The summed E-state index contributed by atoms with van der Waals surface area (Å²) in [5.41, 5.74) is 3.08. The molecule has 2 aromatic heterocycles. The molecule has 2 unspecified atom stereocenters. The maximum absolute atomic E-state index is 14.3. The van der Waals surface area contributed by atoms with E-state index in [1.165, 1.54) is 5.56 Å². The molecule has 5 nitrogen and oxygen atoms in total. The summed E-state index contributed by atoms with van der Waals surface area (Å²) in [6.07, 6.45) is 10.4. The number of nitrogens with zero attached hydrogens (tertiary/aromatic N) is 5. The number of anilines is 1. The first kappa shape index (κ1) is 16.3. The van der Waals surface area contributed by atoms with Gasteiger partial charge in [-0.1, -0.05) is 6.07 Å². The van der Waals surface area contributed by atoms with Crippen molar-refractivity contribution in [3.63, 3.8) is 0 Å². The standard InChI is InChI=1S/C21H20FN5/c22-18-5-4-14(10-19(18)27-8-1-2-9-27)16-11-17(16)15-12-25-21(26-13-15)20-23-6-3-7-24-20/h3-7,10,12-13,16-17H,1-2,8-9,11H2. The average molecular weight is 361 g/mol. The van der Waals surface area contributed by atoms with Crippen LogP contribution >= 0.6 is 0 Å². The Morgan fingerprint density at radius 1 is 0.852 bits per heavy atom. The van der Waals surface area contributed by atoms with Gasteiger partial charge in [0.2, 0.25) is 0 Å². The molecule has 2 fully saturated rings. The van der Waals surface area contributed by atoms with Crippen molar-refractivity contribution >= 4 is 5.69 Å². The molecule has 5 rings (SSSR count). The molecule has 3 heterocycles. The first-order chi connectivity index (χ1) is 13.3. The molecule has 1 aromatic carbocycles. The predicted molar refractivity (Wildman–Crippen MR) is 101 cm³/mol. The van der Waals surface area contributed by atoms with Crippen molar-refractivity contribution in [2.24, 2.45) is 0 Å². The zero-order valence-corrected chi connectivity index (χ0v) is 14.9. The van der Waals surface area contributed by atoms with Crippen molar-refractivity contribution in [2.75, 3.05) is 18.0 Å². The van der Waals surface area contributed by atoms with Crippen LogP contribution in [-0.4, -0.2) is 33.0 Å². The molecule has 0 bridgehead atoms. The van der Waals surface area contributed by atoms with Gasteiger partial charge in [-0.25, -0.2) is 24.3 Å². The summed E-state index contributed by atoms with van der Waals surface area (Å²) < 4.78 is 14.3. The van der Waals surface area contributed by atoms with Crippen molar-refractivity contribution < 1.29 is 4.39 Å². The zero-order chi connectivity index (χ0) is 18.2. The van der Waals surface area contributed by atoms with Crippen LogP contribution in [0.4, 0.5) is 10.1 Å². The minimum absolute atomic E-state index is 0.117. The van der Waals surface area contributed by atoms with Crippen LogP contribution in [0.25, 0.3) is 11.6 Å². The van der Waals surface area contributed by atoms with Gasteiger partial charge in [-0.3, -0.25) is 0 Å². The van der Waals surface area contributed by atoms with Crippen molar-refractivity contribution in [1.29, 1.82) is 0 Å². The number of rotatable bonds is 4. The van der Waals surface area contributed by atoms with Gasteiger partial charge in [0.15, 0.2) is 11.6 Å². The van der Waals surface area contributed by atoms with E-state index in [1.807, 2.05) is 24.5 Å². The van der Waals surface area contributed by atoms with Crippen LogP contribution < -0.4 is 4.90 Å². The van der Waals surface area contributed by atoms with Crippen LogP contribution in [-0.2, 0) is 0 Å². The molecule has 1 saturated heterocycles. The van der Waals surface area contributed by atoms with Gasteiger partial charge in [-0.15, -0.1) is 0 Å². The monoisotopic (exact) mass is 361 g/mol. The fourth-order valence-corrected chi connectivity index (χ4v) is 3.95. The minimum atomic E-state index is -0.117. The minimum Gasteiger partial charge on any atom is -0.369 e. The van der Waals surface area contributed by atoms with Gasteiger partial charge < -0.3 is 4.90 Å². The van der Waals surface area contributed by atoms with Crippen LogP contribution in [0, 0.1) is 5.82 Å². The summed E-state index contributed by atoms with van der Waals surface area (Å²) in [5.74, 6) is 1.76. The summed E-state index contributed by atoms with van der Waals surface area (Å²) in [4.78, 5) is 19.4. The quantitative estimate of drug-likeness (QED) is 0.704. The van der Waals surface area contributed by atoms with E-state index < -0.39 is 0 Å². The summed E-state index contributed by atoms with van der Waals surface area (Å²) in [6, 6.07) is 7.35. The van der Waals surface area contributed by atoms with Crippen LogP contribution in [0.5, 0.6) is 0 Å². The molecule has 0 radical (unpaired) electrons. The van der Waals surface area contributed by atoms with Crippen LogP contribution in [0.15, 0.2) is 49.1 Å². The SMILES string of the molecule is Fc1ccc(C2CC2c2cnc(-c3ncccn3)nc2)cc1N1CCCC1. The van der Waals surface area contributed by atoms with E-state index in [4.69, 9.17) is 0 Å². The maximum Gasteiger partial charge on any atom is 0.197 e. The fraction of sp³-hybridized carbons (Fsp3) is 0.333. The molecule has 0 amide bonds. The van der Waals surface area contributed by atoms with Gasteiger partial charge >= 0.3 is 0 Å². The molecule has 2 aliphatic rings. The highest BCUT2D eigenvalue weighted by Gasteiger charge is 2.40. The van der Waals surface area contributed by atoms with E-state index in [0.717, 1.165) is 43.6 Å². The third kappa shape index (κ3) is 3.16. The first-order valence-electron chi connectivity index (χ1n) is 9.43. The van der Waals surface area contributed by atoms with Gasteiger partial charge in [-0.2, -0.15) is 0 Å². The molecule has 3 aromatic rings. The Bertz CT molecular complexity index is 939. The van der Waals surface area contributed by atoms with E-state index >= 15 is 0 Å². The van der Waals surface area contributed by atoms with E-state index in [0.29, 0.717) is 23.5 Å². The van der Waals surface area contributed by atoms with Gasteiger partial charge in [-0.05, 0) is 60.4 Å². The molecule has 136 valence electrons. The van der Waals surface area contributed by atoms with Crippen molar-refractivity contribution in [3.05, 3.63) is 66.0 Å². The zero-order valence-electron chi connectivity index (χ0n) is 14.9. The molecule has 2 atom stereocenters. The number of aromatic nitrogens is 4. The number of benzene rings is 1. The molecular weight excluding hydrogens is 341 g/mol. The van der Waals surface area contributed by atoms with Gasteiger partial charge in [0.1, 0.15) is 5.82 Å². The highest BCUT2D eigenvalue weighted by molar-refractivity contribution is 5.53. The van der Waals surface area contributed by atoms with Gasteiger partial charge in [0, 0.05) is 37.9 Å². The van der Waals surface area contributed by atoms with E-state index in [-0.39, 0.29) is 5.82 Å². The number of hydrogen-bond donors (Lipinski definition) is 0. The Morgan fingerprint density at radius 3 is 2.26 bits per heavy atom. The van der Waals surface area contributed by atoms with Gasteiger partial charge in [0.25, 0.3) is 0 Å². The number of hydrogen-bond acceptors (Lipinski definition) is 5. The van der Waals surface area contributed by atoms with Crippen molar-refractivity contribution in [3.8, 4) is 11.6 Å². The molecule has 6 heteroatoms. The maximum atomic E-state index is 14.3. The van der Waals surface area contributed by atoms with Gasteiger partial charge in [0.05, 0.1) is 5.69 Å². The fourth-order valence-electron chi connectivity index (χ4n) is 3.95. The molecule has 27 heavy (non-hydrogen) atoms. The highest BCUT2D eigenvalue weighted by Crippen LogP contribution is 2.55. The smallest absolute Gasteiger partial charge is 0.197 e. The summed E-state index contributed by atoms with van der Waals surface area (Å²) in [7, 11) is 0. The van der Waals surface area contributed by atoms with Crippen molar-refractivity contribution in [2.45, 2.75) is 31.1 Å². The normalized spacial score (nSPS) is 21.4. The third-order valence-corrected chi connectivity index (χ3v) is 5.50. The average Bonchev–Trinajstić information content (AvgIpc) is 3.33. The number of halogens is 1. The lowest BCUT2D eigenvalue weighted by Gasteiger charge is -2.19. The van der Waals surface area contributed by atoms with Crippen LogP contribution in [0.1, 0.15) is 42.2 Å². The summed E-state index contributed by atoms with van der Waals surface area (Å²) in [6.45, 7) is 1.90. The molecule has 1 aliphatic heterocycles. The summed E-state index contributed by atoms with van der Waals surface area (Å²) >= 11 is 0. The predicted octanol–water partition coefficient (Wildman–Crippen LogP) is 3.94. The van der Waals surface area contributed by atoms with Crippen LogP contribution in [0.3, 0.4) is 0 Å². The van der Waals surface area contributed by atoms with Crippen LogP contribution in [0.2, 0.25) is 0 Å². The Balaban J connectivity index is 1.34. The molecule has 1 aliphatic carbocycles. The molecule has 0 spiro atoms. The largest absolute Gasteiger partial charge is 0.369 e. The highest BCUT2D eigenvalue weighted by atomic mass is 19.1. The molecular formula is C21H20FN5. The first-order valence-corrected chi connectivity index (χ1v) is 9.43. The lowest BCUT2D eigenvalue weighted by molar-refractivity contribution is 0.622. The second-order valence-electron chi connectivity index (χ2n) is 7.27. The lowest BCUT2D eigenvalue weighted by atomic mass is 10.1. The topological polar surface area (TPSA) is 54.8 Å². The second-order valence-corrected chi connectivity index (χ2v) is 7.27. The Hall–Kier alpha value is -2.89. The molecule has 1 saturated carbocycles. The lowest BCUT2D eigenvalue weighted by Crippen LogP contribution is -2.19. The molecule has 0 N–H and O–H groups in total. The van der Waals surface area contributed by atoms with Crippen molar-refractivity contribution in [1.82, 2.24) is 19.9 Å². The Labute approximate surface area is 157 Å². The van der Waals surface area contributed by atoms with E-state index in [2.05, 4.69) is 24.8 Å². The Kier molecular flexibility index (Phi) is 4.03. The van der Waals surface area contributed by atoms with E-state index in [1.54, 1.807) is 24.5 Å². The summed E-state index contributed by atoms with van der Waals surface area (Å²) in [5, 5.41) is 0. The van der Waals surface area contributed by atoms with E-state index in [9.17, 15) is 4.39 Å².